The number of pyridine rings is 1. The molecular formula is C38H57N9O5Si2. The second kappa shape index (κ2) is 16.6. The van der Waals surface area contributed by atoms with Crippen molar-refractivity contribution in [3.63, 3.8) is 0 Å². The zero-order valence-corrected chi connectivity index (χ0v) is 35.8. The first kappa shape index (κ1) is 40.9. The summed E-state index contributed by atoms with van der Waals surface area (Å²) < 4.78 is 30.1. The summed E-state index contributed by atoms with van der Waals surface area (Å²) in [5.74, 6) is 2.29. The van der Waals surface area contributed by atoms with E-state index in [1.807, 2.05) is 30.8 Å². The minimum atomic E-state index is -1.92. The van der Waals surface area contributed by atoms with Crippen LogP contribution in [0.5, 0.6) is 11.6 Å². The molecule has 4 heterocycles. The van der Waals surface area contributed by atoms with E-state index in [0.717, 1.165) is 18.0 Å². The number of nitrogens with zero attached hydrogens (tertiary/aromatic N) is 8. The van der Waals surface area contributed by atoms with Crippen molar-refractivity contribution in [1.29, 1.82) is 0 Å². The number of hydrogen-bond acceptors (Lipinski definition) is 10. The van der Waals surface area contributed by atoms with E-state index in [9.17, 15) is 4.79 Å². The molecule has 0 amide bonds. The van der Waals surface area contributed by atoms with Gasteiger partial charge in [-0.1, -0.05) is 40.4 Å². The fourth-order valence-corrected chi connectivity index (χ4v) is 7.24. The Labute approximate surface area is 321 Å². The molecule has 1 saturated carbocycles. The highest BCUT2D eigenvalue weighted by Gasteiger charge is 2.47. The smallest absolute Gasteiger partial charge is 0.277 e. The predicted molar refractivity (Wildman–Crippen MR) is 217 cm³/mol. The average molecular weight is 776 g/mol. The van der Waals surface area contributed by atoms with Crippen LogP contribution in [-0.2, 0) is 22.9 Å². The van der Waals surface area contributed by atoms with Gasteiger partial charge in [-0.15, -0.1) is 5.10 Å². The van der Waals surface area contributed by atoms with Crippen LogP contribution in [0, 0.1) is 6.57 Å². The summed E-state index contributed by atoms with van der Waals surface area (Å²) in [6, 6.07) is 4.53. The highest BCUT2D eigenvalue weighted by Crippen LogP contribution is 2.43. The molecule has 0 spiro atoms. The quantitative estimate of drug-likeness (QED) is 0.0607. The van der Waals surface area contributed by atoms with Gasteiger partial charge in [0.05, 0.1) is 24.7 Å². The second-order valence-electron chi connectivity index (χ2n) is 16.7. The van der Waals surface area contributed by atoms with Crippen LogP contribution in [0.3, 0.4) is 0 Å². The molecule has 0 aliphatic heterocycles. The second-order valence-corrected chi connectivity index (χ2v) is 27.1. The summed E-state index contributed by atoms with van der Waals surface area (Å²) in [4.78, 5) is 30.8. The lowest BCUT2D eigenvalue weighted by Crippen LogP contribution is -2.41. The summed E-state index contributed by atoms with van der Waals surface area (Å²) in [6.45, 7) is 31.5. The number of nitrogens with one attached hydrogen (secondary N) is 1. The normalized spacial score (nSPS) is 16.6. The number of rotatable bonds is 18. The van der Waals surface area contributed by atoms with Crippen LogP contribution < -0.4 is 20.3 Å². The Morgan fingerprint density at radius 2 is 1.83 bits per heavy atom. The maximum Gasteiger partial charge on any atom is 0.277 e. The molecule has 0 radical (unpaired) electrons. The number of anilines is 2. The third-order valence-corrected chi connectivity index (χ3v) is 16.3. The van der Waals surface area contributed by atoms with Gasteiger partial charge in [-0.3, -0.25) is 18.8 Å². The van der Waals surface area contributed by atoms with Gasteiger partial charge in [0.25, 0.3) is 5.56 Å². The van der Waals surface area contributed by atoms with Crippen LogP contribution in [0.1, 0.15) is 53.5 Å². The topological polar surface area (TPSA) is 137 Å². The van der Waals surface area contributed by atoms with Crippen molar-refractivity contribution < 1.29 is 18.6 Å². The molecular weight excluding hydrogens is 719 g/mol. The Kier molecular flexibility index (Phi) is 12.6. The fourth-order valence-electron chi connectivity index (χ4n) is 5.43. The summed E-state index contributed by atoms with van der Waals surface area (Å²) in [5, 5.41) is 8.11. The molecule has 0 aromatic carbocycles. The Morgan fingerprint density at radius 1 is 1.07 bits per heavy atom. The predicted octanol–water partition coefficient (Wildman–Crippen LogP) is 7.77. The molecule has 54 heavy (non-hydrogen) atoms. The van der Waals surface area contributed by atoms with Crippen LogP contribution >= 0.6 is 0 Å². The molecule has 16 heteroatoms. The van der Waals surface area contributed by atoms with Gasteiger partial charge in [-0.2, -0.15) is 0 Å². The molecule has 3 atom stereocenters. The first-order valence-electron chi connectivity index (χ1n) is 18.7. The van der Waals surface area contributed by atoms with E-state index >= 15 is 0 Å². The monoisotopic (exact) mass is 775 g/mol. The first-order valence-corrected chi connectivity index (χ1v) is 25.4. The Morgan fingerprint density at radius 3 is 2.50 bits per heavy atom. The minimum Gasteiger partial charge on any atom is -0.490 e. The molecule has 1 aliphatic carbocycles. The van der Waals surface area contributed by atoms with Crippen molar-refractivity contribution >= 4 is 28.0 Å². The van der Waals surface area contributed by atoms with E-state index in [0.29, 0.717) is 60.6 Å². The standard InChI is InChI=1S/C38H57N9O5Si2/c1-13-50-36-28(24-47(44-36)31-20-30(31)39-6)27-22-41-34(21-32(27)52-26(2)15-17-51-54(11,12)38(3,4)5)42-33-14-16-40-35(43-33)29-23-46(45(7)37(29)48)25-49-18-19-53(8,9)10/h14,16,21-24,26,30-31H,13,15,17-20,25H2,1-5,7-12H3,(H,40,41,42,43)/t26-,30?,31?/m0/s1. The van der Waals surface area contributed by atoms with E-state index < -0.39 is 16.4 Å². The van der Waals surface area contributed by atoms with E-state index in [4.69, 9.17) is 35.3 Å². The van der Waals surface area contributed by atoms with Crippen molar-refractivity contribution in [2.45, 2.75) is 116 Å². The molecule has 292 valence electrons. The Balaban J connectivity index is 1.40. The molecule has 2 unspecified atom stereocenters. The molecule has 4 aromatic rings. The lowest BCUT2D eigenvalue weighted by molar-refractivity contribution is 0.0703. The highest BCUT2D eigenvalue weighted by molar-refractivity contribution is 6.76. The largest absolute Gasteiger partial charge is 0.490 e. The SMILES string of the molecule is [C-]#[N+]C1CC1n1cc(-c2cnc(Nc3ccnc(-c4cn(COCC[Si](C)(C)C)n(C)c4=O)n3)cc2O[C@@H](C)CCO[Si](C)(C)C(C)(C)C)c(OCC)n1. The van der Waals surface area contributed by atoms with Crippen molar-refractivity contribution in [2.24, 2.45) is 7.05 Å². The number of aromatic nitrogens is 7. The van der Waals surface area contributed by atoms with Crippen molar-refractivity contribution in [2.75, 3.05) is 25.1 Å². The van der Waals surface area contributed by atoms with Gasteiger partial charge in [-0.05, 0) is 44.1 Å². The summed E-state index contributed by atoms with van der Waals surface area (Å²) in [6.07, 6.45) is 8.26. The van der Waals surface area contributed by atoms with Gasteiger partial charge in [0.15, 0.2) is 14.1 Å². The lowest BCUT2D eigenvalue weighted by Gasteiger charge is -2.36. The third kappa shape index (κ3) is 10.1. The summed E-state index contributed by atoms with van der Waals surface area (Å²) in [5.41, 5.74) is 1.60. The van der Waals surface area contributed by atoms with Gasteiger partial charge in [0.2, 0.25) is 11.9 Å². The van der Waals surface area contributed by atoms with Crippen LogP contribution in [0.15, 0.2) is 41.7 Å². The molecule has 14 nitrogen and oxygen atoms in total. The molecule has 1 fully saturated rings. The molecule has 4 aromatic heterocycles. The fraction of sp³-hybridized carbons (Fsp3) is 0.579. The third-order valence-electron chi connectivity index (χ3n) is 10.0. The van der Waals surface area contributed by atoms with E-state index in [1.54, 1.807) is 36.4 Å². The zero-order chi connectivity index (χ0) is 39.4. The molecule has 5 rings (SSSR count). The zero-order valence-electron chi connectivity index (χ0n) is 33.8. The van der Waals surface area contributed by atoms with Crippen LogP contribution in [-0.4, -0.2) is 82.5 Å². The summed E-state index contributed by atoms with van der Waals surface area (Å²) >= 11 is 0. The van der Waals surface area contributed by atoms with Gasteiger partial charge >= 0.3 is 0 Å². The summed E-state index contributed by atoms with van der Waals surface area (Å²) in [7, 11) is -1.45. The molecule has 0 bridgehead atoms. The Hall–Kier alpha value is -4.31. The van der Waals surface area contributed by atoms with Crippen LogP contribution in [0.2, 0.25) is 43.8 Å². The van der Waals surface area contributed by atoms with Gasteiger partial charge in [0, 0.05) is 71.2 Å². The first-order chi connectivity index (χ1) is 25.4. The highest BCUT2D eigenvalue weighted by atomic mass is 28.4. The molecule has 0 saturated heterocycles. The van der Waals surface area contributed by atoms with Crippen molar-refractivity contribution in [3.05, 3.63) is 58.7 Å². The van der Waals surface area contributed by atoms with Gasteiger partial charge < -0.3 is 28.8 Å². The number of ether oxygens (including phenoxy) is 3. The van der Waals surface area contributed by atoms with E-state index in [1.165, 1.54) is 4.68 Å². The van der Waals surface area contributed by atoms with Crippen molar-refractivity contribution in [1.82, 2.24) is 34.1 Å². The molecule has 1 aliphatic rings. The van der Waals surface area contributed by atoms with Crippen LogP contribution in [0.4, 0.5) is 11.6 Å². The van der Waals surface area contributed by atoms with Gasteiger partial charge in [0.1, 0.15) is 35.7 Å². The number of hydrogen-bond donors (Lipinski definition) is 1. The average Bonchev–Trinajstić information content (AvgIpc) is 3.69. The van der Waals surface area contributed by atoms with Crippen LogP contribution in [0.25, 0.3) is 27.4 Å². The maximum atomic E-state index is 13.2. The van der Waals surface area contributed by atoms with Gasteiger partial charge in [-0.25, -0.2) is 21.5 Å². The maximum absolute atomic E-state index is 13.2. The Bertz CT molecular complexity index is 2010. The van der Waals surface area contributed by atoms with E-state index in [2.05, 4.69) is 73.6 Å². The minimum absolute atomic E-state index is 0.0170. The van der Waals surface area contributed by atoms with Crippen molar-refractivity contribution in [3.8, 4) is 34.1 Å². The van der Waals surface area contributed by atoms with E-state index in [-0.39, 0.29) is 41.3 Å². The molecule has 1 N–H and O–H groups in total. The lowest BCUT2D eigenvalue weighted by atomic mass is 10.1.